The van der Waals surface area contributed by atoms with Crippen LogP contribution in [0.1, 0.15) is 17.0 Å². The van der Waals surface area contributed by atoms with Gasteiger partial charge >= 0.3 is 0 Å². The molecule has 28 heavy (non-hydrogen) atoms. The van der Waals surface area contributed by atoms with E-state index in [1.807, 2.05) is 30.3 Å². The van der Waals surface area contributed by atoms with E-state index in [1.165, 1.54) is 0 Å². The first-order valence-electron chi connectivity index (χ1n) is 8.52. The number of ether oxygens (including phenoxy) is 2. The molecule has 0 atom stereocenters. The van der Waals surface area contributed by atoms with E-state index < -0.39 is 0 Å². The molecule has 0 fully saturated rings. The lowest BCUT2D eigenvalue weighted by Gasteiger charge is -2.08. The van der Waals surface area contributed by atoms with Crippen LogP contribution in [0.25, 0.3) is 12.2 Å². The SMILES string of the molecule is COc1ccc(/C=C/c2noc(C)c2NC(=O)COc2ccccc2Cl)cc1. The maximum absolute atomic E-state index is 12.3. The van der Waals surface area contributed by atoms with Crippen LogP contribution in [0.2, 0.25) is 5.02 Å². The fourth-order valence-corrected chi connectivity index (χ4v) is 2.62. The summed E-state index contributed by atoms with van der Waals surface area (Å²) in [6.07, 6.45) is 3.63. The van der Waals surface area contributed by atoms with Gasteiger partial charge in [-0.1, -0.05) is 47.1 Å². The summed E-state index contributed by atoms with van der Waals surface area (Å²) in [5.41, 5.74) is 1.97. The average molecular weight is 399 g/mol. The number of nitrogens with zero attached hydrogens (tertiary/aromatic N) is 1. The van der Waals surface area contributed by atoms with Gasteiger partial charge in [0.05, 0.1) is 12.1 Å². The van der Waals surface area contributed by atoms with Gasteiger partial charge in [0, 0.05) is 0 Å². The standard InChI is InChI=1S/C21H19ClN2O4/c1-14-21(23-20(25)13-27-19-6-4-3-5-17(19)22)18(24-28-14)12-9-15-7-10-16(26-2)11-8-15/h3-12H,13H2,1-2H3,(H,23,25)/b12-9+. The highest BCUT2D eigenvalue weighted by Gasteiger charge is 2.14. The van der Waals surface area contributed by atoms with E-state index in [0.29, 0.717) is 27.9 Å². The molecule has 1 heterocycles. The van der Waals surface area contributed by atoms with Crippen LogP contribution < -0.4 is 14.8 Å². The molecule has 0 radical (unpaired) electrons. The number of carbonyl (C=O) groups is 1. The van der Waals surface area contributed by atoms with Gasteiger partial charge in [-0.15, -0.1) is 0 Å². The second-order valence-electron chi connectivity index (χ2n) is 5.87. The van der Waals surface area contributed by atoms with Crippen LogP contribution in [0.3, 0.4) is 0 Å². The molecule has 6 nitrogen and oxygen atoms in total. The number of hydrogen-bond acceptors (Lipinski definition) is 5. The van der Waals surface area contributed by atoms with Gasteiger partial charge in [-0.25, -0.2) is 0 Å². The fraction of sp³-hybridized carbons (Fsp3) is 0.143. The zero-order chi connectivity index (χ0) is 19.9. The number of aryl methyl sites for hydroxylation is 1. The highest BCUT2D eigenvalue weighted by molar-refractivity contribution is 6.32. The molecule has 0 spiro atoms. The van der Waals surface area contributed by atoms with Crippen molar-refractivity contribution in [2.75, 3.05) is 19.0 Å². The number of anilines is 1. The predicted octanol–water partition coefficient (Wildman–Crippen LogP) is 4.83. The third-order valence-electron chi connectivity index (χ3n) is 3.90. The summed E-state index contributed by atoms with van der Waals surface area (Å²) in [6, 6.07) is 14.5. The molecule has 3 aromatic rings. The molecule has 2 aromatic carbocycles. The smallest absolute Gasteiger partial charge is 0.262 e. The highest BCUT2D eigenvalue weighted by Crippen LogP contribution is 2.24. The minimum Gasteiger partial charge on any atom is -0.497 e. The van der Waals surface area contributed by atoms with E-state index in [-0.39, 0.29) is 12.5 Å². The zero-order valence-corrected chi connectivity index (χ0v) is 16.2. The largest absolute Gasteiger partial charge is 0.497 e. The van der Waals surface area contributed by atoms with Crippen molar-refractivity contribution in [3.63, 3.8) is 0 Å². The van der Waals surface area contributed by atoms with E-state index in [1.54, 1.807) is 44.4 Å². The van der Waals surface area contributed by atoms with Crippen LogP contribution in [0.4, 0.5) is 5.69 Å². The summed E-state index contributed by atoms with van der Waals surface area (Å²) < 4.78 is 15.8. The van der Waals surface area contributed by atoms with E-state index in [0.717, 1.165) is 11.3 Å². The Morgan fingerprint density at radius 1 is 1.18 bits per heavy atom. The van der Waals surface area contributed by atoms with Crippen molar-refractivity contribution < 1.29 is 18.8 Å². The molecular weight excluding hydrogens is 380 g/mol. The van der Waals surface area contributed by atoms with Crippen molar-refractivity contribution in [3.8, 4) is 11.5 Å². The van der Waals surface area contributed by atoms with Crippen molar-refractivity contribution in [1.82, 2.24) is 5.16 Å². The molecule has 0 aliphatic carbocycles. The minimum atomic E-state index is -0.342. The molecule has 7 heteroatoms. The van der Waals surface area contributed by atoms with Crippen molar-refractivity contribution in [1.29, 1.82) is 0 Å². The van der Waals surface area contributed by atoms with Crippen LogP contribution in [0.15, 0.2) is 53.1 Å². The molecule has 0 unspecified atom stereocenters. The van der Waals surface area contributed by atoms with Crippen molar-refractivity contribution >= 4 is 35.3 Å². The monoisotopic (exact) mass is 398 g/mol. The molecule has 0 aliphatic heterocycles. The summed E-state index contributed by atoms with van der Waals surface area (Å²) in [5, 5.41) is 7.20. The number of para-hydroxylation sites is 1. The van der Waals surface area contributed by atoms with Gasteiger partial charge in [0.2, 0.25) is 0 Å². The summed E-state index contributed by atoms with van der Waals surface area (Å²) in [4.78, 5) is 12.3. The summed E-state index contributed by atoms with van der Waals surface area (Å²) in [5.74, 6) is 1.38. The molecule has 0 saturated heterocycles. The van der Waals surface area contributed by atoms with Gasteiger partial charge in [-0.05, 0) is 42.8 Å². The number of rotatable bonds is 7. The Balaban J connectivity index is 1.65. The molecule has 0 aliphatic rings. The quantitative estimate of drug-likeness (QED) is 0.616. The number of halogens is 1. The maximum Gasteiger partial charge on any atom is 0.262 e. The number of amides is 1. The molecule has 144 valence electrons. The molecule has 0 saturated carbocycles. The number of carbonyl (C=O) groups excluding carboxylic acids is 1. The van der Waals surface area contributed by atoms with Crippen LogP contribution >= 0.6 is 11.6 Å². The Labute approximate surface area is 167 Å². The Morgan fingerprint density at radius 2 is 1.93 bits per heavy atom. The van der Waals surface area contributed by atoms with E-state index >= 15 is 0 Å². The number of methoxy groups -OCH3 is 1. The molecule has 1 N–H and O–H groups in total. The van der Waals surface area contributed by atoms with Crippen LogP contribution in [0.5, 0.6) is 11.5 Å². The second-order valence-corrected chi connectivity index (χ2v) is 6.28. The fourth-order valence-electron chi connectivity index (χ4n) is 2.43. The Kier molecular flexibility index (Phi) is 6.34. The van der Waals surface area contributed by atoms with Gasteiger partial charge < -0.3 is 19.3 Å². The third kappa shape index (κ3) is 4.92. The van der Waals surface area contributed by atoms with Crippen LogP contribution in [0, 0.1) is 6.92 Å². The van der Waals surface area contributed by atoms with Gasteiger partial charge in [-0.2, -0.15) is 0 Å². The Morgan fingerprint density at radius 3 is 2.64 bits per heavy atom. The number of hydrogen-bond donors (Lipinski definition) is 1. The number of benzene rings is 2. The second kappa shape index (κ2) is 9.10. The normalized spacial score (nSPS) is 10.8. The maximum atomic E-state index is 12.3. The average Bonchev–Trinajstić information content (AvgIpc) is 3.05. The molecule has 1 aromatic heterocycles. The zero-order valence-electron chi connectivity index (χ0n) is 15.4. The Hall–Kier alpha value is -3.25. The lowest BCUT2D eigenvalue weighted by atomic mass is 10.2. The first-order valence-corrected chi connectivity index (χ1v) is 8.90. The minimum absolute atomic E-state index is 0.185. The lowest BCUT2D eigenvalue weighted by molar-refractivity contribution is -0.118. The van der Waals surface area contributed by atoms with Gasteiger partial charge in [0.1, 0.15) is 22.9 Å². The Bertz CT molecular complexity index is 980. The molecule has 3 rings (SSSR count). The van der Waals surface area contributed by atoms with Crippen LogP contribution in [-0.2, 0) is 4.79 Å². The number of nitrogens with one attached hydrogen (secondary N) is 1. The van der Waals surface area contributed by atoms with E-state index in [4.69, 9.17) is 25.6 Å². The van der Waals surface area contributed by atoms with Gasteiger partial charge in [0.25, 0.3) is 5.91 Å². The predicted molar refractivity (Wildman–Crippen MR) is 109 cm³/mol. The highest BCUT2D eigenvalue weighted by atomic mass is 35.5. The van der Waals surface area contributed by atoms with Gasteiger partial charge in [0.15, 0.2) is 12.4 Å². The summed E-state index contributed by atoms with van der Waals surface area (Å²) in [7, 11) is 1.62. The van der Waals surface area contributed by atoms with E-state index in [9.17, 15) is 4.79 Å². The molecule has 0 bridgehead atoms. The number of aromatic nitrogens is 1. The third-order valence-corrected chi connectivity index (χ3v) is 4.21. The van der Waals surface area contributed by atoms with Crippen molar-refractivity contribution in [2.24, 2.45) is 0 Å². The topological polar surface area (TPSA) is 73.6 Å². The van der Waals surface area contributed by atoms with Gasteiger partial charge in [-0.3, -0.25) is 4.79 Å². The molecule has 1 amide bonds. The van der Waals surface area contributed by atoms with Crippen molar-refractivity contribution in [2.45, 2.75) is 6.92 Å². The van der Waals surface area contributed by atoms with E-state index in [2.05, 4.69) is 10.5 Å². The van der Waals surface area contributed by atoms with Crippen molar-refractivity contribution in [3.05, 3.63) is 70.6 Å². The first kappa shape index (κ1) is 19.5. The van der Waals surface area contributed by atoms with Crippen LogP contribution in [-0.4, -0.2) is 24.8 Å². The summed E-state index contributed by atoms with van der Waals surface area (Å²) in [6.45, 7) is 1.54. The lowest BCUT2D eigenvalue weighted by Crippen LogP contribution is -2.20. The first-order chi connectivity index (χ1) is 13.6. The molecular formula is C21H19ClN2O4. The summed E-state index contributed by atoms with van der Waals surface area (Å²) >= 11 is 6.02.